The Morgan fingerprint density at radius 1 is 0.758 bits per heavy atom. The highest BCUT2D eigenvalue weighted by Crippen LogP contribution is 2.36. The predicted octanol–water partition coefficient (Wildman–Crippen LogP) is 5.41. The molecule has 0 saturated heterocycles. The molecule has 0 N–H and O–H groups in total. The first-order valence-corrected chi connectivity index (χ1v) is 9.79. The van der Waals surface area contributed by atoms with Crippen molar-refractivity contribution >= 4 is 27.5 Å². The molecule has 7 nitrogen and oxygen atoms in total. The van der Waals surface area contributed by atoms with Crippen LogP contribution in [0.5, 0.6) is 0 Å². The Hall–Kier alpha value is -5.50. The molecule has 33 heavy (non-hydrogen) atoms. The second kappa shape index (κ2) is 7.64. The summed E-state index contributed by atoms with van der Waals surface area (Å²) < 4.78 is 1.90. The summed E-state index contributed by atoms with van der Waals surface area (Å²) in [5.41, 5.74) is 4.51. The zero-order valence-electron chi connectivity index (χ0n) is 17.0. The number of hydrogen-bond donors (Lipinski definition) is 0. The lowest BCUT2D eigenvalue weighted by Gasteiger charge is -2.11. The van der Waals surface area contributed by atoms with Crippen LogP contribution in [0, 0.1) is 40.6 Å². The Morgan fingerprint density at radius 3 is 2.12 bits per heavy atom. The van der Waals surface area contributed by atoms with Crippen molar-refractivity contribution in [3.05, 3.63) is 95.1 Å². The average Bonchev–Trinajstić information content (AvgIpc) is 3.20. The Balaban J connectivity index is 1.80. The number of hydrogen-bond acceptors (Lipinski definition) is 5. The molecule has 2 aromatic heterocycles. The molecule has 0 unspecified atom stereocenters. The Kier molecular flexibility index (Phi) is 4.50. The van der Waals surface area contributed by atoms with Crippen molar-refractivity contribution in [2.45, 2.75) is 0 Å². The summed E-state index contributed by atoms with van der Waals surface area (Å²) in [6.45, 7) is 7.41. The normalized spacial score (nSPS) is 10.3. The van der Waals surface area contributed by atoms with Crippen LogP contribution >= 0.6 is 0 Å². The molecular formula is C26H11N7. The molecule has 0 saturated carbocycles. The zero-order chi connectivity index (χ0) is 22.9. The number of nitriles is 3. The van der Waals surface area contributed by atoms with Crippen LogP contribution in [-0.4, -0.2) is 14.5 Å². The summed E-state index contributed by atoms with van der Waals surface area (Å²) in [6, 6.07) is 22.6. The molecule has 3 aromatic carbocycles. The van der Waals surface area contributed by atoms with E-state index in [4.69, 9.17) is 11.8 Å². The van der Waals surface area contributed by atoms with Crippen LogP contribution in [-0.2, 0) is 0 Å². The van der Waals surface area contributed by atoms with E-state index in [-0.39, 0.29) is 0 Å². The molecule has 7 heteroatoms. The van der Waals surface area contributed by atoms with Gasteiger partial charge in [-0.25, -0.2) is 14.8 Å². The molecule has 2 heterocycles. The lowest BCUT2D eigenvalue weighted by Crippen LogP contribution is -1.99. The highest BCUT2D eigenvalue weighted by atomic mass is 15.0. The third kappa shape index (κ3) is 3.11. The molecular weight excluding hydrogens is 410 g/mol. The number of fused-ring (bicyclic) bond motifs is 3. The minimum atomic E-state index is 0.352. The SMILES string of the molecule is [C-]#[N+]c1ccc2c3ccc(C#N)cc3n(-c3ccc(-c4ncc(C#N)cn4)cc3C#N)c2c1. The van der Waals surface area contributed by atoms with Crippen LogP contribution in [0.25, 0.3) is 43.7 Å². The van der Waals surface area contributed by atoms with Gasteiger partial charge in [-0.3, -0.25) is 0 Å². The van der Waals surface area contributed by atoms with Gasteiger partial charge in [-0.15, -0.1) is 0 Å². The van der Waals surface area contributed by atoms with Crippen LogP contribution in [0.15, 0.2) is 67.0 Å². The summed E-state index contributed by atoms with van der Waals surface area (Å²) in [5.74, 6) is 0.404. The van der Waals surface area contributed by atoms with Gasteiger partial charge in [0.2, 0.25) is 0 Å². The predicted molar refractivity (Wildman–Crippen MR) is 122 cm³/mol. The lowest BCUT2D eigenvalue weighted by molar-refractivity contribution is 1.14. The van der Waals surface area contributed by atoms with Crippen molar-refractivity contribution in [1.29, 1.82) is 15.8 Å². The molecule has 0 aliphatic heterocycles. The number of nitrogens with zero attached hydrogens (tertiary/aromatic N) is 7. The van der Waals surface area contributed by atoms with E-state index < -0.39 is 0 Å². The minimum absolute atomic E-state index is 0.352. The lowest BCUT2D eigenvalue weighted by atomic mass is 10.1. The monoisotopic (exact) mass is 421 g/mol. The van der Waals surface area contributed by atoms with Crippen molar-refractivity contribution in [3.63, 3.8) is 0 Å². The molecule has 0 spiro atoms. The Bertz CT molecular complexity index is 1680. The smallest absolute Gasteiger partial charge is 0.189 e. The average molecular weight is 421 g/mol. The van der Waals surface area contributed by atoms with Gasteiger partial charge in [0.15, 0.2) is 11.5 Å². The first kappa shape index (κ1) is 19.5. The fourth-order valence-corrected chi connectivity index (χ4v) is 3.90. The van der Waals surface area contributed by atoms with Crippen molar-refractivity contribution in [1.82, 2.24) is 14.5 Å². The summed E-state index contributed by atoms with van der Waals surface area (Å²) >= 11 is 0. The minimum Gasteiger partial charge on any atom is -0.309 e. The summed E-state index contributed by atoms with van der Waals surface area (Å²) in [7, 11) is 0. The molecule has 0 radical (unpaired) electrons. The van der Waals surface area contributed by atoms with E-state index in [0.29, 0.717) is 39.5 Å². The maximum Gasteiger partial charge on any atom is 0.189 e. The van der Waals surface area contributed by atoms with Gasteiger partial charge in [0.1, 0.15) is 12.1 Å². The molecule has 5 aromatic rings. The van der Waals surface area contributed by atoms with E-state index in [1.807, 2.05) is 28.8 Å². The fourth-order valence-electron chi connectivity index (χ4n) is 3.90. The van der Waals surface area contributed by atoms with E-state index in [9.17, 15) is 10.5 Å². The Labute approximate surface area is 188 Å². The van der Waals surface area contributed by atoms with Crippen molar-refractivity contribution in [3.8, 4) is 35.3 Å². The van der Waals surface area contributed by atoms with Gasteiger partial charge in [0, 0.05) is 34.2 Å². The van der Waals surface area contributed by atoms with E-state index in [1.165, 1.54) is 12.4 Å². The molecule has 5 rings (SSSR count). The van der Waals surface area contributed by atoms with Crippen LogP contribution in [0.1, 0.15) is 16.7 Å². The number of aromatic nitrogens is 3. The van der Waals surface area contributed by atoms with E-state index in [2.05, 4.69) is 27.0 Å². The summed E-state index contributed by atoms with van der Waals surface area (Å²) in [4.78, 5) is 12.0. The second-order valence-corrected chi connectivity index (χ2v) is 7.24. The van der Waals surface area contributed by atoms with Crippen molar-refractivity contribution < 1.29 is 0 Å². The maximum absolute atomic E-state index is 9.97. The number of rotatable bonds is 2. The highest BCUT2D eigenvalue weighted by molar-refractivity contribution is 6.10. The highest BCUT2D eigenvalue weighted by Gasteiger charge is 2.17. The second-order valence-electron chi connectivity index (χ2n) is 7.24. The van der Waals surface area contributed by atoms with Gasteiger partial charge in [-0.05, 0) is 36.4 Å². The third-order valence-electron chi connectivity index (χ3n) is 5.41. The first-order valence-electron chi connectivity index (χ1n) is 9.79. The molecule has 150 valence electrons. The van der Waals surface area contributed by atoms with Crippen molar-refractivity contribution in [2.24, 2.45) is 0 Å². The number of benzene rings is 3. The van der Waals surface area contributed by atoms with Crippen LogP contribution in [0.4, 0.5) is 5.69 Å². The van der Waals surface area contributed by atoms with Crippen LogP contribution in [0.2, 0.25) is 0 Å². The van der Waals surface area contributed by atoms with Gasteiger partial charge >= 0.3 is 0 Å². The van der Waals surface area contributed by atoms with Crippen molar-refractivity contribution in [2.75, 3.05) is 0 Å². The van der Waals surface area contributed by atoms with Gasteiger partial charge in [-0.2, -0.15) is 15.8 Å². The van der Waals surface area contributed by atoms with Crippen LogP contribution in [0.3, 0.4) is 0 Å². The zero-order valence-corrected chi connectivity index (χ0v) is 17.0. The Morgan fingerprint density at radius 2 is 1.45 bits per heavy atom. The standard InChI is InChI=1S/C26H11N7/c1-30-20-4-6-22-21-5-2-16(11-27)8-24(21)33(25(22)10-20)23-7-3-18(9-19(23)13-29)26-31-14-17(12-28)15-32-26/h2-10,14-15H. The molecule has 0 fully saturated rings. The van der Waals surface area contributed by atoms with E-state index >= 15 is 0 Å². The van der Waals surface area contributed by atoms with Crippen LogP contribution < -0.4 is 0 Å². The largest absolute Gasteiger partial charge is 0.309 e. The molecule has 0 atom stereocenters. The summed E-state index contributed by atoms with van der Waals surface area (Å²) in [5, 5.41) is 30.2. The molecule has 0 aliphatic carbocycles. The van der Waals surface area contributed by atoms with E-state index in [1.54, 1.807) is 36.4 Å². The molecule has 0 aliphatic rings. The quantitative estimate of drug-likeness (QED) is 0.354. The fraction of sp³-hybridized carbons (Fsp3) is 0. The van der Waals surface area contributed by atoms with Gasteiger partial charge in [-0.1, -0.05) is 18.2 Å². The van der Waals surface area contributed by atoms with Gasteiger partial charge in [0.25, 0.3) is 0 Å². The first-order chi connectivity index (χ1) is 16.2. The van der Waals surface area contributed by atoms with E-state index in [0.717, 1.165) is 21.8 Å². The molecule has 0 bridgehead atoms. The topological polar surface area (TPSA) is 106 Å². The van der Waals surface area contributed by atoms with Gasteiger partial charge < -0.3 is 4.57 Å². The summed E-state index contributed by atoms with van der Waals surface area (Å²) in [6.07, 6.45) is 2.87. The molecule has 0 amide bonds. The van der Waals surface area contributed by atoms with Gasteiger partial charge in [0.05, 0.1) is 40.5 Å². The third-order valence-corrected chi connectivity index (χ3v) is 5.41. The maximum atomic E-state index is 9.97.